The first-order chi connectivity index (χ1) is 9.43. The second-order valence-corrected chi connectivity index (χ2v) is 6.26. The number of nitrogens with one attached hydrogen (secondary N) is 1. The maximum absolute atomic E-state index is 12.6. The lowest BCUT2D eigenvalue weighted by atomic mass is 9.99. The van der Waals surface area contributed by atoms with E-state index in [4.69, 9.17) is 0 Å². The number of hydrogen-bond donors (Lipinski definition) is 1. The molecule has 1 aromatic carbocycles. The van der Waals surface area contributed by atoms with Gasteiger partial charge in [0.1, 0.15) is 12.6 Å². The molecule has 1 saturated heterocycles. The molecular weight excluding hydrogens is 320 g/mol. The summed E-state index contributed by atoms with van der Waals surface area (Å²) in [6.45, 7) is 6.01. The molecule has 1 aliphatic rings. The van der Waals surface area contributed by atoms with Crippen molar-refractivity contribution in [2.75, 3.05) is 11.4 Å². The average Bonchev–Trinajstić information content (AvgIpc) is 2.40. The first-order valence-electron chi connectivity index (χ1n) is 6.83. The van der Waals surface area contributed by atoms with Crippen molar-refractivity contribution >= 4 is 33.4 Å². The number of aryl methyl sites for hydroxylation is 1. The van der Waals surface area contributed by atoms with Crippen LogP contribution in [-0.2, 0) is 16.0 Å². The summed E-state index contributed by atoms with van der Waals surface area (Å²) in [6.07, 6.45) is 0.812. The Kier molecular flexibility index (Phi) is 4.48. The second kappa shape index (κ2) is 5.95. The number of halogens is 1. The monoisotopic (exact) mass is 338 g/mol. The smallest absolute Gasteiger partial charge is 0.250 e. The van der Waals surface area contributed by atoms with Crippen LogP contribution in [0.25, 0.3) is 0 Å². The van der Waals surface area contributed by atoms with Crippen molar-refractivity contribution in [1.82, 2.24) is 5.32 Å². The van der Waals surface area contributed by atoms with Crippen LogP contribution in [0.1, 0.15) is 26.3 Å². The lowest BCUT2D eigenvalue weighted by Gasteiger charge is -2.35. The average molecular weight is 339 g/mol. The van der Waals surface area contributed by atoms with Gasteiger partial charge in [-0.2, -0.15) is 0 Å². The van der Waals surface area contributed by atoms with E-state index in [1.165, 1.54) is 0 Å². The fraction of sp³-hybridized carbons (Fsp3) is 0.467. The van der Waals surface area contributed by atoms with E-state index in [-0.39, 0.29) is 24.3 Å². The Morgan fingerprint density at radius 3 is 2.70 bits per heavy atom. The number of piperazine rings is 1. The molecule has 1 N–H and O–H groups in total. The van der Waals surface area contributed by atoms with Crippen LogP contribution in [0.5, 0.6) is 0 Å². The summed E-state index contributed by atoms with van der Waals surface area (Å²) in [5.74, 6) is -0.0559. The third-order valence-electron chi connectivity index (χ3n) is 3.53. The highest BCUT2D eigenvalue weighted by Gasteiger charge is 2.35. The normalized spacial score (nSPS) is 19.4. The Balaban J connectivity index is 2.40. The number of nitrogens with zero attached hydrogens (tertiary/aromatic N) is 1. The van der Waals surface area contributed by atoms with Gasteiger partial charge in [0, 0.05) is 10.2 Å². The van der Waals surface area contributed by atoms with E-state index in [0.717, 1.165) is 22.1 Å². The summed E-state index contributed by atoms with van der Waals surface area (Å²) in [7, 11) is 0. The molecule has 0 bridgehead atoms. The second-order valence-electron chi connectivity index (χ2n) is 5.34. The van der Waals surface area contributed by atoms with Crippen molar-refractivity contribution in [3.63, 3.8) is 0 Å². The SMILES string of the molecule is CCc1cc(Br)ccc1N1CC(=O)NC(C(C)C)C1=O. The van der Waals surface area contributed by atoms with Crippen molar-refractivity contribution < 1.29 is 9.59 Å². The minimum atomic E-state index is -0.440. The molecule has 108 valence electrons. The van der Waals surface area contributed by atoms with Crippen LogP contribution in [0.2, 0.25) is 0 Å². The quantitative estimate of drug-likeness (QED) is 0.920. The van der Waals surface area contributed by atoms with Gasteiger partial charge in [-0.3, -0.25) is 9.59 Å². The van der Waals surface area contributed by atoms with Gasteiger partial charge in [0.15, 0.2) is 0 Å². The summed E-state index contributed by atoms with van der Waals surface area (Å²) >= 11 is 3.44. The third kappa shape index (κ3) is 2.87. The van der Waals surface area contributed by atoms with E-state index in [0.29, 0.717) is 0 Å². The number of anilines is 1. The minimum Gasteiger partial charge on any atom is -0.342 e. The zero-order chi connectivity index (χ0) is 14.9. The molecule has 1 fully saturated rings. The van der Waals surface area contributed by atoms with Gasteiger partial charge in [0.25, 0.3) is 0 Å². The largest absolute Gasteiger partial charge is 0.342 e. The Labute approximate surface area is 127 Å². The maximum atomic E-state index is 12.6. The van der Waals surface area contributed by atoms with Crippen molar-refractivity contribution in [3.8, 4) is 0 Å². The topological polar surface area (TPSA) is 49.4 Å². The van der Waals surface area contributed by atoms with E-state index in [1.54, 1.807) is 4.90 Å². The van der Waals surface area contributed by atoms with Gasteiger partial charge in [0.2, 0.25) is 11.8 Å². The summed E-state index contributed by atoms with van der Waals surface area (Å²) < 4.78 is 0.979. The Bertz CT molecular complexity index is 543. The van der Waals surface area contributed by atoms with Gasteiger partial charge in [-0.25, -0.2) is 0 Å². The predicted octanol–water partition coefficient (Wildman–Crippen LogP) is 2.50. The third-order valence-corrected chi connectivity index (χ3v) is 4.02. The van der Waals surface area contributed by atoms with E-state index in [9.17, 15) is 9.59 Å². The maximum Gasteiger partial charge on any atom is 0.250 e. The fourth-order valence-electron chi connectivity index (χ4n) is 2.43. The van der Waals surface area contributed by atoms with E-state index in [1.807, 2.05) is 39.0 Å². The van der Waals surface area contributed by atoms with Crippen molar-refractivity contribution in [1.29, 1.82) is 0 Å². The van der Waals surface area contributed by atoms with Gasteiger partial charge in [-0.05, 0) is 36.1 Å². The number of rotatable bonds is 3. The molecule has 0 aromatic heterocycles. The first kappa shape index (κ1) is 15.0. The highest BCUT2D eigenvalue weighted by molar-refractivity contribution is 9.10. The van der Waals surface area contributed by atoms with Crippen LogP contribution in [0.4, 0.5) is 5.69 Å². The number of carbonyl (C=O) groups is 2. The van der Waals surface area contributed by atoms with Gasteiger partial charge < -0.3 is 10.2 Å². The van der Waals surface area contributed by atoms with Crippen LogP contribution in [-0.4, -0.2) is 24.4 Å². The number of amides is 2. The van der Waals surface area contributed by atoms with Crippen LogP contribution < -0.4 is 10.2 Å². The Morgan fingerprint density at radius 2 is 2.10 bits per heavy atom. The molecule has 0 saturated carbocycles. The van der Waals surface area contributed by atoms with Crippen LogP contribution in [0, 0.1) is 5.92 Å². The Hall–Kier alpha value is -1.36. The lowest BCUT2D eigenvalue weighted by molar-refractivity contribution is -0.132. The molecule has 1 heterocycles. The minimum absolute atomic E-state index is 0.0309. The molecule has 4 nitrogen and oxygen atoms in total. The standard InChI is InChI=1S/C15H19BrN2O2/c1-4-10-7-11(16)5-6-12(10)18-8-13(19)17-14(9(2)3)15(18)20/h5-7,9,14H,4,8H2,1-3H3,(H,17,19). The van der Waals surface area contributed by atoms with Gasteiger partial charge >= 0.3 is 0 Å². The van der Waals surface area contributed by atoms with Crippen LogP contribution in [0.15, 0.2) is 22.7 Å². The summed E-state index contributed by atoms with van der Waals surface area (Å²) in [5.41, 5.74) is 1.89. The molecule has 0 aliphatic carbocycles. The first-order valence-corrected chi connectivity index (χ1v) is 7.62. The molecular formula is C15H19BrN2O2. The van der Waals surface area contributed by atoms with Crippen LogP contribution in [0.3, 0.4) is 0 Å². The molecule has 2 amide bonds. The van der Waals surface area contributed by atoms with Gasteiger partial charge in [0.05, 0.1) is 0 Å². The van der Waals surface area contributed by atoms with Gasteiger partial charge in [-0.1, -0.05) is 36.7 Å². The molecule has 0 radical (unpaired) electrons. The molecule has 2 rings (SSSR count). The summed E-state index contributed by atoms with van der Waals surface area (Å²) in [5, 5.41) is 2.77. The van der Waals surface area contributed by atoms with E-state index < -0.39 is 6.04 Å². The zero-order valence-corrected chi connectivity index (χ0v) is 13.5. The van der Waals surface area contributed by atoms with Gasteiger partial charge in [-0.15, -0.1) is 0 Å². The number of carbonyl (C=O) groups excluding carboxylic acids is 2. The predicted molar refractivity (Wildman–Crippen MR) is 82.6 cm³/mol. The molecule has 1 atom stereocenters. The van der Waals surface area contributed by atoms with E-state index in [2.05, 4.69) is 21.2 Å². The highest BCUT2D eigenvalue weighted by atomic mass is 79.9. The molecule has 5 heteroatoms. The zero-order valence-electron chi connectivity index (χ0n) is 11.9. The highest BCUT2D eigenvalue weighted by Crippen LogP contribution is 2.27. The molecule has 20 heavy (non-hydrogen) atoms. The van der Waals surface area contributed by atoms with Crippen LogP contribution >= 0.6 is 15.9 Å². The summed E-state index contributed by atoms with van der Waals surface area (Å²) in [6, 6.07) is 5.36. The Morgan fingerprint density at radius 1 is 1.40 bits per heavy atom. The molecule has 1 unspecified atom stereocenters. The lowest BCUT2D eigenvalue weighted by Crippen LogP contribution is -2.60. The molecule has 1 aliphatic heterocycles. The summed E-state index contributed by atoms with van der Waals surface area (Å²) in [4.78, 5) is 26.0. The van der Waals surface area contributed by atoms with Crippen molar-refractivity contribution in [3.05, 3.63) is 28.2 Å². The van der Waals surface area contributed by atoms with Crippen molar-refractivity contribution in [2.24, 2.45) is 5.92 Å². The molecule has 0 spiro atoms. The van der Waals surface area contributed by atoms with Crippen molar-refractivity contribution in [2.45, 2.75) is 33.2 Å². The number of hydrogen-bond acceptors (Lipinski definition) is 2. The number of benzene rings is 1. The fourth-order valence-corrected chi connectivity index (χ4v) is 2.84. The van der Waals surface area contributed by atoms with E-state index >= 15 is 0 Å². The molecule has 1 aromatic rings.